The van der Waals surface area contributed by atoms with Crippen molar-refractivity contribution in [1.29, 1.82) is 0 Å². The van der Waals surface area contributed by atoms with E-state index in [4.69, 9.17) is 0 Å². The zero-order valence-corrected chi connectivity index (χ0v) is 11.6. The van der Waals surface area contributed by atoms with Crippen molar-refractivity contribution in [3.8, 4) is 0 Å². The van der Waals surface area contributed by atoms with Gasteiger partial charge in [0.05, 0.1) is 24.7 Å². The van der Waals surface area contributed by atoms with Crippen molar-refractivity contribution >= 4 is 24.3 Å². The largest absolute Gasteiger partial charge is 0.235 e. The van der Waals surface area contributed by atoms with Crippen molar-refractivity contribution in [2.24, 2.45) is 20.0 Å². The van der Waals surface area contributed by atoms with E-state index in [0.29, 0.717) is 13.0 Å². The number of hydrogen-bond donors (Lipinski definition) is 0. The van der Waals surface area contributed by atoms with Crippen molar-refractivity contribution in [3.63, 3.8) is 0 Å². The van der Waals surface area contributed by atoms with Crippen LogP contribution in [-0.4, -0.2) is 49.0 Å². The third-order valence-electron chi connectivity index (χ3n) is 2.21. The summed E-state index contributed by atoms with van der Waals surface area (Å²) in [6.07, 6.45) is 6.20. The first-order valence-corrected chi connectivity index (χ1v) is 5.78. The van der Waals surface area contributed by atoms with Gasteiger partial charge in [0, 0.05) is 0 Å². The Hall–Kier alpha value is -2.48. The maximum atomic E-state index is 9.69. The van der Waals surface area contributed by atoms with Gasteiger partial charge in [-0.05, 0) is 27.2 Å². The molecule has 0 spiro atoms. The molecule has 3 unspecified atom stereocenters. The van der Waals surface area contributed by atoms with Gasteiger partial charge in [0.25, 0.3) is 0 Å². The van der Waals surface area contributed by atoms with Crippen molar-refractivity contribution < 1.29 is 19.2 Å². The number of nitrogens with zero attached hydrogens (tertiary/aromatic N) is 4. The molecule has 0 rings (SSSR count). The molecule has 0 aromatic carbocycles. The molecule has 0 aliphatic heterocycles. The minimum atomic E-state index is -0.293. The number of isocyanates is 4. The van der Waals surface area contributed by atoms with Gasteiger partial charge in [-0.25, -0.2) is 39.1 Å². The molecule has 0 saturated carbocycles. The average molecular weight is 280 g/mol. The lowest BCUT2D eigenvalue weighted by Gasteiger charge is -2.04. The molecule has 0 bridgehead atoms. The van der Waals surface area contributed by atoms with E-state index in [2.05, 4.69) is 20.0 Å². The fraction of sp³-hybridized carbons (Fsp3) is 0.667. The summed E-state index contributed by atoms with van der Waals surface area (Å²) in [6.45, 7) is 5.48. The van der Waals surface area contributed by atoms with Gasteiger partial charge in [0.15, 0.2) is 0 Å². The SMILES string of the molecule is CC(CCN=C=O)N=C=O.CC(N=C=O)C(C)N=C=O. The van der Waals surface area contributed by atoms with Crippen LogP contribution in [0.15, 0.2) is 20.0 Å². The Labute approximate surface area is 116 Å². The van der Waals surface area contributed by atoms with Crippen molar-refractivity contribution in [1.82, 2.24) is 0 Å². The van der Waals surface area contributed by atoms with Crippen LogP contribution in [0.3, 0.4) is 0 Å². The van der Waals surface area contributed by atoms with E-state index < -0.39 is 0 Å². The molecule has 0 N–H and O–H groups in total. The molecule has 0 saturated heterocycles. The normalized spacial score (nSPS) is 12.6. The van der Waals surface area contributed by atoms with Crippen LogP contribution in [0.5, 0.6) is 0 Å². The standard InChI is InChI=1S/2C6H8N2O2/c1-5(7-3-9)6(2)8-4-10;1-6(8-5-10)2-3-7-4-9/h5-6H,1-2H3;6H,2-3H2,1H3. The lowest BCUT2D eigenvalue weighted by Crippen LogP contribution is -2.14. The Bertz CT molecular complexity index is 432. The van der Waals surface area contributed by atoms with Gasteiger partial charge >= 0.3 is 0 Å². The molecule has 0 aliphatic rings. The van der Waals surface area contributed by atoms with Crippen LogP contribution >= 0.6 is 0 Å². The van der Waals surface area contributed by atoms with E-state index in [9.17, 15) is 19.2 Å². The second-order valence-corrected chi connectivity index (χ2v) is 3.75. The number of rotatable bonds is 7. The Kier molecular flexibility index (Phi) is 14.5. The molecule has 0 heterocycles. The molecule has 0 radical (unpaired) electrons. The molecule has 0 fully saturated rings. The summed E-state index contributed by atoms with van der Waals surface area (Å²) >= 11 is 0. The molecule has 108 valence electrons. The predicted octanol–water partition coefficient (Wildman–Crippen LogP) is 0.872. The first kappa shape index (κ1) is 19.9. The highest BCUT2D eigenvalue weighted by Gasteiger charge is 2.07. The van der Waals surface area contributed by atoms with Crippen LogP contribution in [0.1, 0.15) is 27.2 Å². The molecule has 0 aromatic heterocycles. The van der Waals surface area contributed by atoms with Crippen LogP contribution in [-0.2, 0) is 19.2 Å². The summed E-state index contributed by atoms with van der Waals surface area (Å²) in [5.41, 5.74) is 0. The lowest BCUT2D eigenvalue weighted by atomic mass is 10.2. The fourth-order valence-electron chi connectivity index (χ4n) is 0.834. The third-order valence-corrected chi connectivity index (χ3v) is 2.21. The summed E-state index contributed by atoms with van der Waals surface area (Å²) in [6, 6.07) is -0.688. The van der Waals surface area contributed by atoms with E-state index in [1.54, 1.807) is 20.8 Å². The molecule has 20 heavy (non-hydrogen) atoms. The third kappa shape index (κ3) is 13.6. The zero-order chi connectivity index (χ0) is 15.8. The van der Waals surface area contributed by atoms with Gasteiger partial charge in [-0.3, -0.25) is 0 Å². The van der Waals surface area contributed by atoms with E-state index in [1.165, 1.54) is 24.3 Å². The summed E-state index contributed by atoms with van der Waals surface area (Å²) in [5, 5.41) is 0. The Morgan fingerprint density at radius 1 is 0.750 bits per heavy atom. The maximum Gasteiger partial charge on any atom is 0.235 e. The lowest BCUT2D eigenvalue weighted by molar-refractivity contribution is 0.536. The minimum absolute atomic E-state index is 0.102. The maximum absolute atomic E-state index is 9.69. The Morgan fingerprint density at radius 2 is 1.20 bits per heavy atom. The summed E-state index contributed by atoms with van der Waals surface area (Å²) in [4.78, 5) is 52.0. The molecule has 8 heteroatoms. The van der Waals surface area contributed by atoms with Crippen LogP contribution in [0.25, 0.3) is 0 Å². The van der Waals surface area contributed by atoms with Crippen LogP contribution in [0.2, 0.25) is 0 Å². The second-order valence-electron chi connectivity index (χ2n) is 3.75. The summed E-state index contributed by atoms with van der Waals surface area (Å²) in [7, 11) is 0. The molecule has 0 amide bonds. The van der Waals surface area contributed by atoms with Crippen molar-refractivity contribution in [2.45, 2.75) is 45.3 Å². The fourth-order valence-corrected chi connectivity index (χ4v) is 0.834. The van der Waals surface area contributed by atoms with E-state index in [-0.39, 0.29) is 18.1 Å². The van der Waals surface area contributed by atoms with E-state index >= 15 is 0 Å². The van der Waals surface area contributed by atoms with Crippen molar-refractivity contribution in [2.75, 3.05) is 6.54 Å². The quantitative estimate of drug-likeness (QED) is 0.507. The van der Waals surface area contributed by atoms with Crippen LogP contribution in [0.4, 0.5) is 0 Å². The minimum Gasteiger partial charge on any atom is -0.211 e. The molecule has 0 aliphatic carbocycles. The van der Waals surface area contributed by atoms with Gasteiger partial charge in [0.1, 0.15) is 0 Å². The first-order valence-electron chi connectivity index (χ1n) is 5.78. The van der Waals surface area contributed by atoms with Gasteiger partial charge in [-0.15, -0.1) is 0 Å². The van der Waals surface area contributed by atoms with Gasteiger partial charge < -0.3 is 0 Å². The highest BCUT2D eigenvalue weighted by atomic mass is 16.1. The molecular formula is C12H16N4O4. The second kappa shape index (κ2) is 14.6. The smallest absolute Gasteiger partial charge is 0.211 e. The summed E-state index contributed by atoms with van der Waals surface area (Å²) < 4.78 is 0. The summed E-state index contributed by atoms with van der Waals surface area (Å²) in [5.74, 6) is 0. The van der Waals surface area contributed by atoms with Crippen molar-refractivity contribution in [3.05, 3.63) is 0 Å². The molecule has 3 atom stereocenters. The predicted molar refractivity (Wildman–Crippen MR) is 70.4 cm³/mol. The molecule has 8 nitrogen and oxygen atoms in total. The zero-order valence-electron chi connectivity index (χ0n) is 11.6. The highest BCUT2D eigenvalue weighted by molar-refractivity contribution is 5.35. The monoisotopic (exact) mass is 280 g/mol. The van der Waals surface area contributed by atoms with Gasteiger partial charge in [-0.1, -0.05) is 0 Å². The number of aliphatic imine (C=N–C) groups is 4. The van der Waals surface area contributed by atoms with Crippen LogP contribution < -0.4 is 0 Å². The Morgan fingerprint density at radius 3 is 1.55 bits per heavy atom. The Balaban J connectivity index is 0. The van der Waals surface area contributed by atoms with E-state index in [1.807, 2.05) is 0 Å². The van der Waals surface area contributed by atoms with Gasteiger partial charge in [-0.2, -0.15) is 0 Å². The molecular weight excluding hydrogens is 264 g/mol. The average Bonchev–Trinajstić information content (AvgIpc) is 2.40. The highest BCUT2D eigenvalue weighted by Crippen LogP contribution is 1.99. The first-order chi connectivity index (χ1) is 9.53. The van der Waals surface area contributed by atoms with Gasteiger partial charge in [0.2, 0.25) is 24.3 Å². The molecule has 0 aromatic rings. The number of hydrogen-bond acceptors (Lipinski definition) is 8. The topological polar surface area (TPSA) is 118 Å². The van der Waals surface area contributed by atoms with E-state index in [0.717, 1.165) is 0 Å². The number of carbonyl (C=O) groups excluding carboxylic acids is 4. The van der Waals surface area contributed by atoms with Crippen LogP contribution in [0, 0.1) is 0 Å².